The first-order valence-corrected chi connectivity index (χ1v) is 8.56. The number of hydrogen-bond donors (Lipinski definition) is 2. The second-order valence-electron chi connectivity index (χ2n) is 6.14. The first-order valence-electron chi connectivity index (χ1n) is 8.56. The lowest BCUT2D eigenvalue weighted by molar-refractivity contribution is -0.384. The minimum atomic E-state index is -0.718. The van der Waals surface area contributed by atoms with Gasteiger partial charge in [0.05, 0.1) is 16.2 Å². The van der Waals surface area contributed by atoms with E-state index in [-0.39, 0.29) is 17.2 Å². The third kappa shape index (κ3) is 4.68. The summed E-state index contributed by atoms with van der Waals surface area (Å²) in [6.45, 7) is 5.69. The predicted octanol–water partition coefficient (Wildman–Crippen LogP) is 1.84. The summed E-state index contributed by atoms with van der Waals surface area (Å²) in [6, 6.07) is 3.58. The molecule has 0 aliphatic carbocycles. The van der Waals surface area contributed by atoms with Crippen molar-refractivity contribution in [1.29, 1.82) is 0 Å². The molecule has 25 heavy (non-hydrogen) atoms. The fourth-order valence-corrected chi connectivity index (χ4v) is 2.79. The van der Waals surface area contributed by atoms with Gasteiger partial charge in [-0.15, -0.1) is 0 Å². The van der Waals surface area contributed by atoms with Gasteiger partial charge in [-0.2, -0.15) is 0 Å². The Morgan fingerprint density at radius 1 is 1.32 bits per heavy atom. The highest BCUT2D eigenvalue weighted by molar-refractivity contribution is 6.02. The number of nitro groups is 1. The first kappa shape index (κ1) is 18.7. The molecule has 0 aromatic heterocycles. The fourth-order valence-electron chi connectivity index (χ4n) is 2.79. The molecule has 2 amide bonds. The van der Waals surface area contributed by atoms with Crippen LogP contribution >= 0.6 is 0 Å². The molecule has 2 rings (SSSR count). The summed E-state index contributed by atoms with van der Waals surface area (Å²) in [5.74, 6) is -0.756. The molecule has 0 spiro atoms. The molecular weight excluding hydrogens is 324 g/mol. The van der Waals surface area contributed by atoms with Gasteiger partial charge in [0, 0.05) is 31.8 Å². The van der Waals surface area contributed by atoms with E-state index in [1.807, 2.05) is 11.8 Å². The molecule has 136 valence electrons. The van der Waals surface area contributed by atoms with E-state index < -0.39 is 16.9 Å². The number of nitro benzene ring substituents is 1. The van der Waals surface area contributed by atoms with Crippen molar-refractivity contribution in [3.8, 4) is 0 Å². The largest absolute Gasteiger partial charge is 0.371 e. The van der Waals surface area contributed by atoms with Gasteiger partial charge >= 0.3 is 0 Å². The predicted molar refractivity (Wildman–Crippen MR) is 94.8 cm³/mol. The number of carbonyl (C=O) groups excluding carboxylic acids is 2. The quantitative estimate of drug-likeness (QED) is 0.578. The summed E-state index contributed by atoms with van der Waals surface area (Å²) in [4.78, 5) is 37.2. The van der Waals surface area contributed by atoms with Gasteiger partial charge in [-0.25, -0.2) is 0 Å². The van der Waals surface area contributed by atoms with Crippen LogP contribution in [0.3, 0.4) is 0 Å². The number of nitrogens with one attached hydrogen (secondary N) is 2. The molecule has 0 bridgehead atoms. The first-order chi connectivity index (χ1) is 11.9. The summed E-state index contributed by atoms with van der Waals surface area (Å²) >= 11 is 0. The molecule has 0 saturated carbocycles. The van der Waals surface area contributed by atoms with E-state index in [1.54, 1.807) is 13.0 Å². The molecule has 1 aliphatic rings. The van der Waals surface area contributed by atoms with Gasteiger partial charge in [-0.05, 0) is 32.3 Å². The lowest BCUT2D eigenvalue weighted by Crippen LogP contribution is -2.45. The lowest BCUT2D eigenvalue weighted by atomic mass is 10.1. The van der Waals surface area contributed by atoms with Gasteiger partial charge in [0.1, 0.15) is 6.04 Å². The maximum Gasteiger partial charge on any atom is 0.270 e. The molecule has 1 aliphatic heterocycles. The highest BCUT2D eigenvalue weighted by atomic mass is 16.6. The van der Waals surface area contributed by atoms with E-state index in [2.05, 4.69) is 10.6 Å². The van der Waals surface area contributed by atoms with Crippen molar-refractivity contribution in [2.24, 2.45) is 0 Å². The van der Waals surface area contributed by atoms with Crippen LogP contribution < -0.4 is 15.5 Å². The van der Waals surface area contributed by atoms with Crippen LogP contribution in [0.25, 0.3) is 0 Å². The monoisotopic (exact) mass is 348 g/mol. The summed E-state index contributed by atoms with van der Waals surface area (Å²) < 4.78 is 0. The molecule has 1 aromatic rings. The van der Waals surface area contributed by atoms with Gasteiger partial charge < -0.3 is 15.5 Å². The number of carbonyl (C=O) groups is 2. The number of anilines is 1. The van der Waals surface area contributed by atoms with Crippen molar-refractivity contribution in [3.63, 3.8) is 0 Å². The molecule has 2 N–H and O–H groups in total. The third-order valence-electron chi connectivity index (χ3n) is 4.17. The van der Waals surface area contributed by atoms with Crippen LogP contribution in [-0.4, -0.2) is 42.4 Å². The number of rotatable bonds is 7. The van der Waals surface area contributed by atoms with Crippen molar-refractivity contribution in [2.75, 3.05) is 24.5 Å². The van der Waals surface area contributed by atoms with E-state index in [1.165, 1.54) is 12.1 Å². The molecular formula is C17H24N4O4. The minimum absolute atomic E-state index is 0.142. The minimum Gasteiger partial charge on any atom is -0.371 e. The average Bonchev–Trinajstić information content (AvgIpc) is 3.13. The van der Waals surface area contributed by atoms with Crippen LogP contribution in [0.1, 0.15) is 43.5 Å². The SMILES string of the molecule is CCCNC(=O)[C@@H](C)NC(=O)c1cc([N+](=O)[O-])ccc1N1CCCC1. The van der Waals surface area contributed by atoms with Crippen LogP contribution in [0, 0.1) is 10.1 Å². The molecule has 1 heterocycles. The Morgan fingerprint density at radius 2 is 2.00 bits per heavy atom. The van der Waals surface area contributed by atoms with Gasteiger partial charge in [0.15, 0.2) is 0 Å². The second kappa shape index (κ2) is 8.46. The Balaban J connectivity index is 2.22. The maximum atomic E-state index is 12.6. The summed E-state index contributed by atoms with van der Waals surface area (Å²) in [7, 11) is 0. The van der Waals surface area contributed by atoms with Crippen molar-refractivity contribution in [1.82, 2.24) is 10.6 Å². The Hall–Kier alpha value is -2.64. The lowest BCUT2D eigenvalue weighted by Gasteiger charge is -2.22. The van der Waals surface area contributed by atoms with E-state index in [9.17, 15) is 19.7 Å². The normalized spacial score (nSPS) is 14.9. The van der Waals surface area contributed by atoms with Gasteiger partial charge in [0.2, 0.25) is 5.91 Å². The fraction of sp³-hybridized carbons (Fsp3) is 0.529. The molecule has 0 unspecified atom stereocenters. The zero-order valence-electron chi connectivity index (χ0n) is 14.6. The molecule has 1 saturated heterocycles. The van der Waals surface area contributed by atoms with Crippen LogP contribution in [0.15, 0.2) is 18.2 Å². The standard InChI is InChI=1S/C17H24N4O4/c1-3-8-18-16(22)12(2)19-17(23)14-11-13(21(24)25)6-7-15(14)20-9-4-5-10-20/h6-7,11-12H,3-5,8-10H2,1-2H3,(H,18,22)(H,19,23)/t12-/m1/s1. The van der Waals surface area contributed by atoms with Gasteiger partial charge in [-0.3, -0.25) is 19.7 Å². The van der Waals surface area contributed by atoms with E-state index in [0.717, 1.165) is 32.4 Å². The smallest absolute Gasteiger partial charge is 0.270 e. The van der Waals surface area contributed by atoms with E-state index >= 15 is 0 Å². The Labute approximate surface area is 146 Å². The number of non-ortho nitro benzene ring substituents is 1. The van der Waals surface area contributed by atoms with Crippen LogP contribution in [0.4, 0.5) is 11.4 Å². The van der Waals surface area contributed by atoms with Crippen molar-refractivity contribution in [2.45, 2.75) is 39.2 Å². The molecule has 8 heteroatoms. The van der Waals surface area contributed by atoms with Crippen LogP contribution in [0.2, 0.25) is 0 Å². The van der Waals surface area contributed by atoms with Crippen molar-refractivity contribution in [3.05, 3.63) is 33.9 Å². The number of benzene rings is 1. The van der Waals surface area contributed by atoms with E-state index in [0.29, 0.717) is 12.2 Å². The number of hydrogen-bond acceptors (Lipinski definition) is 5. The summed E-state index contributed by atoms with van der Waals surface area (Å²) in [5.41, 5.74) is 0.754. The molecule has 8 nitrogen and oxygen atoms in total. The Bertz CT molecular complexity index is 656. The summed E-state index contributed by atoms with van der Waals surface area (Å²) in [6.07, 6.45) is 2.85. The number of nitrogens with zero attached hydrogens (tertiary/aromatic N) is 2. The van der Waals surface area contributed by atoms with Gasteiger partial charge in [-0.1, -0.05) is 6.92 Å². The summed E-state index contributed by atoms with van der Waals surface area (Å²) in [5, 5.41) is 16.4. The van der Waals surface area contributed by atoms with E-state index in [4.69, 9.17) is 0 Å². The highest BCUT2D eigenvalue weighted by Gasteiger charge is 2.24. The van der Waals surface area contributed by atoms with Crippen molar-refractivity contribution < 1.29 is 14.5 Å². The number of amides is 2. The highest BCUT2D eigenvalue weighted by Crippen LogP contribution is 2.28. The maximum absolute atomic E-state index is 12.6. The van der Waals surface area contributed by atoms with Crippen LogP contribution in [0.5, 0.6) is 0 Å². The Morgan fingerprint density at radius 3 is 2.60 bits per heavy atom. The van der Waals surface area contributed by atoms with Crippen LogP contribution in [-0.2, 0) is 4.79 Å². The topological polar surface area (TPSA) is 105 Å². The molecule has 1 fully saturated rings. The molecule has 1 atom stereocenters. The average molecular weight is 348 g/mol. The van der Waals surface area contributed by atoms with Gasteiger partial charge in [0.25, 0.3) is 11.6 Å². The van der Waals surface area contributed by atoms with Crippen molar-refractivity contribution >= 4 is 23.2 Å². The molecule has 0 radical (unpaired) electrons. The molecule has 1 aromatic carbocycles. The Kier molecular flexibility index (Phi) is 6.32. The third-order valence-corrected chi connectivity index (χ3v) is 4.17. The zero-order valence-corrected chi connectivity index (χ0v) is 14.6. The zero-order chi connectivity index (χ0) is 18.4. The second-order valence-corrected chi connectivity index (χ2v) is 6.14.